The van der Waals surface area contributed by atoms with Gasteiger partial charge in [-0.05, 0) is 24.2 Å². The first-order chi connectivity index (χ1) is 12.2. The van der Waals surface area contributed by atoms with Crippen molar-refractivity contribution >= 4 is 18.4 Å². The van der Waals surface area contributed by atoms with Gasteiger partial charge < -0.3 is 14.7 Å². The number of esters is 1. The van der Waals surface area contributed by atoms with Crippen molar-refractivity contribution in [3.63, 3.8) is 0 Å². The number of hydrogen-bond donors (Lipinski definition) is 1. The van der Waals surface area contributed by atoms with Crippen LogP contribution in [0.15, 0.2) is 60.7 Å². The number of carbonyl (C=O) groups is 1. The second-order valence-electron chi connectivity index (χ2n) is 5.94. The summed E-state index contributed by atoms with van der Waals surface area (Å²) >= 11 is 0. The first-order valence-corrected chi connectivity index (χ1v) is 8.84. The van der Waals surface area contributed by atoms with Crippen molar-refractivity contribution in [2.45, 2.75) is 25.9 Å². The van der Waals surface area contributed by atoms with E-state index in [1.165, 1.54) is 0 Å². The summed E-state index contributed by atoms with van der Waals surface area (Å²) in [6.45, 7) is 7.02. The molecule has 2 atom stereocenters. The van der Waals surface area contributed by atoms with E-state index in [2.05, 4.69) is 18.7 Å². The van der Waals surface area contributed by atoms with Crippen LogP contribution in [-0.2, 0) is 9.53 Å². The molecule has 0 amide bonds. The lowest BCUT2D eigenvalue weighted by molar-refractivity contribution is -0.149. The maximum Gasteiger partial charge on any atom is 0.316 e. The first kappa shape index (κ1) is 22.2. The molecule has 0 aromatic heterocycles. The van der Waals surface area contributed by atoms with E-state index < -0.39 is 18.0 Å². The maximum absolute atomic E-state index is 12.7. The van der Waals surface area contributed by atoms with Gasteiger partial charge in [0.05, 0.1) is 6.10 Å². The molecule has 2 rings (SSSR count). The maximum atomic E-state index is 12.7. The Bertz CT molecular complexity index is 632. The third-order valence-corrected chi connectivity index (χ3v) is 4.42. The highest BCUT2D eigenvalue weighted by Gasteiger charge is 2.31. The molecule has 4 nitrogen and oxygen atoms in total. The van der Waals surface area contributed by atoms with E-state index in [1.54, 1.807) is 0 Å². The summed E-state index contributed by atoms with van der Waals surface area (Å²) in [5.74, 6) is -1.13. The zero-order valence-corrected chi connectivity index (χ0v) is 16.2. The Morgan fingerprint density at radius 1 is 0.962 bits per heavy atom. The van der Waals surface area contributed by atoms with E-state index in [-0.39, 0.29) is 12.4 Å². The standard InChI is InChI=1S/C21H27NO3.ClH/c1-3-22(4-2)15-16-25-21(24)19(17-11-7-5-8-12-17)20(23)18-13-9-6-10-14-18;/h5-14,19-20,23H,3-4,15-16H2,1-2H3;1H. The predicted molar refractivity (Wildman–Crippen MR) is 107 cm³/mol. The number of halogens is 1. The molecule has 2 unspecified atom stereocenters. The summed E-state index contributed by atoms with van der Waals surface area (Å²) in [6.07, 6.45) is -0.940. The van der Waals surface area contributed by atoms with Crippen LogP contribution in [0.3, 0.4) is 0 Å². The Kier molecular flexibility index (Phi) is 9.96. The Hall–Kier alpha value is -1.88. The number of likely N-dealkylation sites (N-methyl/N-ethyl adjacent to an activating group) is 1. The molecular formula is C21H28ClNO3. The summed E-state index contributed by atoms with van der Waals surface area (Å²) in [5.41, 5.74) is 1.46. The quantitative estimate of drug-likeness (QED) is 0.675. The zero-order chi connectivity index (χ0) is 18.1. The first-order valence-electron chi connectivity index (χ1n) is 8.84. The van der Waals surface area contributed by atoms with Gasteiger partial charge in [0.2, 0.25) is 0 Å². The number of benzene rings is 2. The van der Waals surface area contributed by atoms with Crippen LogP contribution in [0, 0.1) is 0 Å². The lowest BCUT2D eigenvalue weighted by Gasteiger charge is -2.23. The zero-order valence-electron chi connectivity index (χ0n) is 15.4. The van der Waals surface area contributed by atoms with E-state index in [0.717, 1.165) is 18.7 Å². The van der Waals surface area contributed by atoms with E-state index >= 15 is 0 Å². The average molecular weight is 378 g/mol. The van der Waals surface area contributed by atoms with Crippen molar-refractivity contribution in [1.29, 1.82) is 0 Å². The van der Waals surface area contributed by atoms with E-state index in [1.807, 2.05) is 60.7 Å². The van der Waals surface area contributed by atoms with Gasteiger partial charge in [0, 0.05) is 6.54 Å². The summed E-state index contributed by atoms with van der Waals surface area (Å²) < 4.78 is 5.49. The smallest absolute Gasteiger partial charge is 0.316 e. The van der Waals surface area contributed by atoms with Crippen molar-refractivity contribution in [1.82, 2.24) is 4.90 Å². The molecule has 0 bridgehead atoms. The highest BCUT2D eigenvalue weighted by atomic mass is 35.5. The van der Waals surface area contributed by atoms with Crippen molar-refractivity contribution in [2.75, 3.05) is 26.2 Å². The van der Waals surface area contributed by atoms with Crippen LogP contribution in [-0.4, -0.2) is 42.2 Å². The number of rotatable bonds is 9. The highest BCUT2D eigenvalue weighted by molar-refractivity contribution is 5.85. The van der Waals surface area contributed by atoms with Crippen LogP contribution in [0.5, 0.6) is 0 Å². The number of hydrogen-bond acceptors (Lipinski definition) is 4. The van der Waals surface area contributed by atoms with Crippen molar-refractivity contribution in [3.05, 3.63) is 71.8 Å². The fourth-order valence-electron chi connectivity index (χ4n) is 2.86. The van der Waals surface area contributed by atoms with Crippen LogP contribution in [0.25, 0.3) is 0 Å². The predicted octanol–water partition coefficient (Wildman–Crippen LogP) is 3.81. The van der Waals surface area contributed by atoms with Crippen molar-refractivity contribution < 1.29 is 14.6 Å². The highest BCUT2D eigenvalue weighted by Crippen LogP contribution is 2.32. The monoisotopic (exact) mass is 377 g/mol. The molecule has 26 heavy (non-hydrogen) atoms. The van der Waals surface area contributed by atoms with Gasteiger partial charge in [0.1, 0.15) is 12.5 Å². The van der Waals surface area contributed by atoms with Crippen molar-refractivity contribution in [3.8, 4) is 0 Å². The SMILES string of the molecule is CCN(CC)CCOC(=O)C(c1ccccc1)C(O)c1ccccc1.Cl. The molecule has 0 fully saturated rings. The van der Waals surface area contributed by atoms with Crippen LogP contribution >= 0.6 is 12.4 Å². The molecule has 0 saturated carbocycles. The minimum absolute atomic E-state index is 0. The van der Waals surface area contributed by atoms with Gasteiger partial charge in [-0.3, -0.25) is 4.79 Å². The summed E-state index contributed by atoms with van der Waals surface area (Å²) in [6, 6.07) is 18.6. The van der Waals surface area contributed by atoms with Gasteiger partial charge in [-0.2, -0.15) is 0 Å². The Morgan fingerprint density at radius 2 is 1.46 bits per heavy atom. The van der Waals surface area contributed by atoms with E-state index in [4.69, 9.17) is 4.74 Å². The van der Waals surface area contributed by atoms with Gasteiger partial charge in [-0.1, -0.05) is 74.5 Å². The largest absolute Gasteiger partial charge is 0.464 e. The summed E-state index contributed by atoms with van der Waals surface area (Å²) in [4.78, 5) is 14.9. The van der Waals surface area contributed by atoms with Crippen LogP contribution in [0.4, 0.5) is 0 Å². The number of ether oxygens (including phenoxy) is 1. The minimum atomic E-state index is -0.940. The van der Waals surface area contributed by atoms with Gasteiger partial charge in [-0.15, -0.1) is 12.4 Å². The van der Waals surface area contributed by atoms with Gasteiger partial charge >= 0.3 is 5.97 Å². The lowest BCUT2D eigenvalue weighted by atomic mass is 9.89. The molecule has 0 radical (unpaired) electrons. The molecule has 0 aliphatic heterocycles. The molecule has 5 heteroatoms. The van der Waals surface area contributed by atoms with Crippen molar-refractivity contribution in [2.24, 2.45) is 0 Å². The molecule has 2 aromatic carbocycles. The third kappa shape index (κ3) is 6.13. The van der Waals surface area contributed by atoms with Gasteiger partial charge in [-0.25, -0.2) is 0 Å². The third-order valence-electron chi connectivity index (χ3n) is 4.42. The second-order valence-corrected chi connectivity index (χ2v) is 5.94. The number of aliphatic hydroxyl groups excluding tert-OH is 1. The van der Waals surface area contributed by atoms with Crippen LogP contribution < -0.4 is 0 Å². The molecule has 0 aliphatic carbocycles. The molecule has 1 N–H and O–H groups in total. The van der Waals surface area contributed by atoms with E-state index in [0.29, 0.717) is 18.7 Å². The molecule has 0 saturated heterocycles. The summed E-state index contributed by atoms with van der Waals surface area (Å²) in [5, 5.41) is 10.8. The molecule has 0 aliphatic rings. The molecule has 142 valence electrons. The Balaban J connectivity index is 0.00000338. The fourth-order valence-corrected chi connectivity index (χ4v) is 2.86. The Labute approximate surface area is 162 Å². The van der Waals surface area contributed by atoms with E-state index in [9.17, 15) is 9.90 Å². The molecule has 2 aromatic rings. The fraction of sp³-hybridized carbons (Fsp3) is 0.381. The number of aliphatic hydroxyl groups is 1. The lowest BCUT2D eigenvalue weighted by Crippen LogP contribution is -2.30. The van der Waals surface area contributed by atoms with Gasteiger partial charge in [0.25, 0.3) is 0 Å². The van der Waals surface area contributed by atoms with Gasteiger partial charge in [0.15, 0.2) is 0 Å². The van der Waals surface area contributed by atoms with Crippen LogP contribution in [0.1, 0.15) is 37.0 Å². The molecule has 0 spiro atoms. The normalized spacial score (nSPS) is 12.9. The Morgan fingerprint density at radius 3 is 1.96 bits per heavy atom. The minimum Gasteiger partial charge on any atom is -0.464 e. The topological polar surface area (TPSA) is 49.8 Å². The molecule has 0 heterocycles. The second kappa shape index (κ2) is 11.7. The summed E-state index contributed by atoms with van der Waals surface area (Å²) in [7, 11) is 0. The molecular weight excluding hydrogens is 350 g/mol. The number of carbonyl (C=O) groups excluding carboxylic acids is 1. The van der Waals surface area contributed by atoms with Crippen LogP contribution in [0.2, 0.25) is 0 Å². The number of nitrogens with zero attached hydrogens (tertiary/aromatic N) is 1. The average Bonchev–Trinajstić information content (AvgIpc) is 2.67.